The van der Waals surface area contributed by atoms with Crippen molar-refractivity contribution in [3.05, 3.63) is 93.1 Å². The summed E-state index contributed by atoms with van der Waals surface area (Å²) >= 11 is 13.4. The van der Waals surface area contributed by atoms with E-state index >= 15 is 0 Å². The first kappa shape index (κ1) is 124. The molecule has 4 rings (SSSR count). The number of aryl methyl sites for hydroxylation is 1. The van der Waals surface area contributed by atoms with E-state index in [2.05, 4.69) is 105 Å². The van der Waals surface area contributed by atoms with Gasteiger partial charge in [-0.05, 0) is 166 Å². The Kier molecular flexibility index (Phi) is 69.2. The molecule has 0 spiro atoms. The van der Waals surface area contributed by atoms with Crippen LogP contribution in [0.2, 0.25) is 0 Å². The number of hydrazone groups is 1. The maximum absolute atomic E-state index is 13.7. The molecule has 7 amide bonds. The first-order chi connectivity index (χ1) is 68.5. The molecule has 142 heavy (non-hydrogen) atoms. The number of thiocarbonyl (C=S) groups is 2. The number of carbonyl (C=O) groups excluding carboxylic acids is 5. The minimum atomic E-state index is -1.29. The van der Waals surface area contributed by atoms with Gasteiger partial charge in [-0.25, -0.2) is 19.2 Å². The Hall–Kier alpha value is -10.2. The second kappa shape index (κ2) is 79.2. The zero-order chi connectivity index (χ0) is 103. The molecule has 0 aliphatic carbocycles. The molecule has 4 atom stereocenters. The molecule has 1 aliphatic heterocycles. The van der Waals surface area contributed by atoms with E-state index in [-0.39, 0.29) is 183 Å². The first-order valence-electron chi connectivity index (χ1n) is 47.3. The van der Waals surface area contributed by atoms with Crippen LogP contribution in [0.5, 0.6) is 0 Å². The smallest absolute Gasteiger partial charge is 0.326 e. The summed E-state index contributed by atoms with van der Waals surface area (Å²) in [5, 5.41) is 98.6. The Morgan fingerprint density at radius 1 is 0.423 bits per heavy atom. The number of carboxylic acid groups (broad SMARTS) is 7. The monoisotopic (exact) mass is 2160 g/mol. The highest BCUT2D eigenvalue weighted by Crippen LogP contribution is 2.19. The number of carboxylic acids is 7. The number of aliphatic imine (C=N–C) groups is 1. The van der Waals surface area contributed by atoms with Crippen LogP contribution in [-0.2, 0) is 113 Å². The molecule has 1 fully saturated rings. The summed E-state index contributed by atoms with van der Waals surface area (Å²) in [5.74, 6) is -3.69. The molecule has 1 saturated heterocycles. The summed E-state index contributed by atoms with van der Waals surface area (Å²) in [7, 11) is 0. The summed E-state index contributed by atoms with van der Waals surface area (Å²) < 4.78 is 62.8. The van der Waals surface area contributed by atoms with E-state index in [0.29, 0.717) is 152 Å². The van der Waals surface area contributed by atoms with Crippen LogP contribution in [-0.4, -0.2) is 430 Å². The number of rotatable bonds is 80. The van der Waals surface area contributed by atoms with Crippen molar-refractivity contribution in [3.63, 3.8) is 0 Å². The summed E-state index contributed by atoms with van der Waals surface area (Å²) in [6.07, 6.45) is 8.03. The Labute approximate surface area is 851 Å². The largest absolute Gasteiger partial charge is 0.480 e. The van der Waals surface area contributed by atoms with Crippen molar-refractivity contribution in [2.75, 3.05) is 267 Å². The number of benzene rings is 3. The number of urea groups is 2. The Bertz CT molecular complexity index is 4240. The van der Waals surface area contributed by atoms with Gasteiger partial charge in [0.15, 0.2) is 5.11 Å². The highest BCUT2D eigenvalue weighted by atomic mass is 127. The van der Waals surface area contributed by atoms with Crippen molar-refractivity contribution >= 4 is 152 Å². The zero-order valence-corrected chi connectivity index (χ0v) is 84.3. The second-order valence-electron chi connectivity index (χ2n) is 32.3. The van der Waals surface area contributed by atoms with E-state index in [4.69, 9.17) is 87.5 Å². The van der Waals surface area contributed by atoms with Crippen LogP contribution in [0, 0.1) is 3.57 Å². The maximum Gasteiger partial charge on any atom is 0.326 e. The lowest BCUT2D eigenvalue weighted by molar-refractivity contribution is -0.142. The van der Waals surface area contributed by atoms with E-state index in [1.807, 2.05) is 17.4 Å². The van der Waals surface area contributed by atoms with E-state index in [1.165, 1.54) is 15.3 Å². The van der Waals surface area contributed by atoms with Gasteiger partial charge in [-0.3, -0.25) is 62.9 Å². The molecular formula is C92H144IN17O30S2. The van der Waals surface area contributed by atoms with Crippen molar-refractivity contribution in [2.24, 2.45) is 15.9 Å². The van der Waals surface area contributed by atoms with Crippen molar-refractivity contribution in [1.29, 1.82) is 0 Å². The van der Waals surface area contributed by atoms with Gasteiger partial charge < -0.3 is 147 Å². The van der Waals surface area contributed by atoms with Crippen LogP contribution in [0.4, 0.5) is 21.0 Å². The Morgan fingerprint density at radius 2 is 0.866 bits per heavy atom. The zero-order valence-electron chi connectivity index (χ0n) is 80.5. The third-order valence-electron chi connectivity index (χ3n) is 20.9. The van der Waals surface area contributed by atoms with E-state index in [1.54, 1.807) is 56.0 Å². The maximum atomic E-state index is 13.7. The number of unbranched alkanes of at least 4 members (excludes halogenated alkanes) is 3. The van der Waals surface area contributed by atoms with Crippen molar-refractivity contribution < 1.29 is 145 Å². The topological polar surface area (TPSA) is 632 Å². The number of ether oxygens (including phenoxy) is 11. The number of nitrogens with one attached hydrogen (secondary N) is 10. The van der Waals surface area contributed by atoms with Crippen LogP contribution in [0.15, 0.2) is 82.9 Å². The van der Waals surface area contributed by atoms with Crippen molar-refractivity contribution in [2.45, 2.75) is 120 Å². The van der Waals surface area contributed by atoms with Crippen LogP contribution >= 0.6 is 47.0 Å². The van der Waals surface area contributed by atoms with Gasteiger partial charge >= 0.3 is 53.8 Å². The fourth-order valence-electron chi connectivity index (χ4n) is 13.7. The van der Waals surface area contributed by atoms with Crippen molar-refractivity contribution in [3.8, 4) is 0 Å². The molecular weight excluding hydrogens is 2010 g/mol. The number of nitrogens with zero attached hydrogens (tertiary/aromatic N) is 6. The van der Waals surface area contributed by atoms with Crippen LogP contribution in [0.3, 0.4) is 0 Å². The number of amides is 7. The number of anilines is 2. The predicted octanol–water partition coefficient (Wildman–Crippen LogP) is 2.02. The SMILES string of the molecule is NN=C(C=NCCOCCOCCOCCC(=O)N[C@@H](CCCCNC(=S)Nc1ccc(CC2CN(CC(=O)O)CCN(CC(=O)O)CCN(CC(=O)O)CCN2CC(=O)O)cc1)C(=O)NCCOCCOCCOCCOCCOCCOCCOCCOCCC(=O)N[C@@H](CCCCNC(=S)CCCc1ccc(I)cc1)C(=O)O)c1cccc(NC(=O)NCCCC[C@H](NC(=O)NCC(=O)O)C(=O)O)c1. The van der Waals surface area contributed by atoms with Gasteiger partial charge in [0, 0.05) is 118 Å². The third kappa shape index (κ3) is 65.1. The standard InChI is InChI=1S/C92H144IN17O30S2/c93-71-20-16-68(17-21-71)9-7-15-81(141)96-26-4-2-13-76(88(124)125)104-80(112)25-38-131-42-46-135-49-51-137-53-55-139-57-58-140-56-54-138-52-50-136-48-44-133-40-30-97-87(123)75(12-1-6-28-99-92(142)102-72-22-18-69(19-23-72)59-74-63-109(66-85(119)120)34-33-107(64-83(115)116)31-32-108(65-84(117)118)35-36-110(74)67-86(121)122)103-79(111)24-37-130-41-45-134-47-43-132-39-29-95-61-78(106-94)70-10-8-11-73(60-70)101-90(128)98-27-5-3-14-77(89(126)127)105-91(129)100-62-82(113)114/h8,10-11,16-23,60-61,74-77H,1-7,9,12-15,24-59,62-67,94H2,(H,96,141)(H,97,123)(H,103,111)(H,104,112)(H,113,114)(H,115,116)(H,117,118)(H,119,120)(H,121,122)(H,124,125)(H,126,127)(H2,98,101,128)(H2,99,102,142)(H2,100,105,129)/t74?,75-,76-,77-/m0/s1. The summed E-state index contributed by atoms with van der Waals surface area (Å²) in [4.78, 5) is 158. The van der Waals surface area contributed by atoms with Crippen LogP contribution in [0.1, 0.15) is 100 Å². The van der Waals surface area contributed by atoms with Gasteiger partial charge in [0.05, 0.1) is 183 Å². The summed E-state index contributed by atoms with van der Waals surface area (Å²) in [5.41, 5.74) is 3.96. The highest BCUT2D eigenvalue weighted by molar-refractivity contribution is 14.1. The number of hydrogen-bond acceptors (Lipinski definition) is 32. The van der Waals surface area contributed by atoms with Gasteiger partial charge in [-0.1, -0.05) is 48.6 Å². The van der Waals surface area contributed by atoms with Gasteiger partial charge in [0.25, 0.3) is 0 Å². The van der Waals surface area contributed by atoms with Gasteiger partial charge in [-0.15, -0.1) is 0 Å². The highest BCUT2D eigenvalue weighted by Gasteiger charge is 2.30. The Balaban J connectivity index is 1.11. The molecule has 50 heteroatoms. The molecule has 3 aromatic rings. The summed E-state index contributed by atoms with van der Waals surface area (Å²) in [6, 6.07) is 17.1. The average Bonchev–Trinajstić information content (AvgIpc) is 0.808. The minimum Gasteiger partial charge on any atom is -0.480 e. The fourth-order valence-corrected chi connectivity index (χ4v) is 14.5. The van der Waals surface area contributed by atoms with E-state index in [0.717, 1.165) is 36.2 Å². The summed E-state index contributed by atoms with van der Waals surface area (Å²) in [6.45, 7) is 6.41. The third-order valence-corrected chi connectivity index (χ3v) is 22.3. The van der Waals surface area contributed by atoms with Gasteiger partial charge in [-0.2, -0.15) is 5.10 Å². The first-order valence-corrected chi connectivity index (χ1v) is 49.2. The molecule has 796 valence electrons. The van der Waals surface area contributed by atoms with Crippen LogP contribution in [0.25, 0.3) is 0 Å². The lowest BCUT2D eigenvalue weighted by Gasteiger charge is -2.37. The quantitative estimate of drug-likeness (QED) is 0.00960. The normalized spacial score (nSPS) is 14.2. The fraction of sp³-hybridized carbons (Fsp3) is 0.630. The number of nitrogens with two attached hydrogens (primary N) is 1. The molecule has 19 N–H and O–H groups in total. The number of carbonyl (C=O) groups is 12. The molecule has 0 saturated carbocycles. The minimum absolute atomic E-state index is 0.0215. The predicted molar refractivity (Wildman–Crippen MR) is 540 cm³/mol. The van der Waals surface area contributed by atoms with Gasteiger partial charge in [0.1, 0.15) is 30.4 Å². The van der Waals surface area contributed by atoms with Gasteiger partial charge in [0.2, 0.25) is 17.7 Å². The molecule has 1 aliphatic rings. The molecule has 1 unspecified atom stereocenters. The molecule has 47 nitrogen and oxygen atoms in total. The molecule has 3 aromatic carbocycles. The molecule has 0 aromatic heterocycles. The Morgan fingerprint density at radius 3 is 1.37 bits per heavy atom. The van der Waals surface area contributed by atoms with E-state index in [9.17, 15) is 88.2 Å². The lowest BCUT2D eigenvalue weighted by atomic mass is 10.0. The van der Waals surface area contributed by atoms with Crippen LogP contribution < -0.4 is 59.0 Å². The van der Waals surface area contributed by atoms with E-state index < -0.39 is 115 Å². The van der Waals surface area contributed by atoms with Crippen molar-refractivity contribution in [1.82, 2.24) is 62.1 Å². The number of halogens is 1. The lowest BCUT2D eigenvalue weighted by Crippen LogP contribution is -2.53. The molecule has 0 bridgehead atoms. The number of aliphatic carboxylic acids is 7. The average molecular weight is 2160 g/mol. The molecule has 0 radical (unpaired) electrons. The molecule has 1 heterocycles. The second-order valence-corrected chi connectivity index (χ2v) is 34.5. The number of hydrogen-bond donors (Lipinski definition) is 18.